The lowest BCUT2D eigenvalue weighted by Gasteiger charge is -2.18. The molecule has 0 spiro atoms. The number of halogens is 1. The molecule has 5 heteroatoms. The smallest absolute Gasteiger partial charge is 0.146 e. The van der Waals surface area contributed by atoms with Crippen LogP contribution < -0.4 is 5.32 Å². The maximum absolute atomic E-state index is 13.9. The largest absolute Gasteiger partial charge is 0.338 e. The minimum Gasteiger partial charge on any atom is -0.338 e. The van der Waals surface area contributed by atoms with Crippen molar-refractivity contribution in [2.45, 2.75) is 25.8 Å². The predicted octanol–water partition coefficient (Wildman–Crippen LogP) is 2.24. The van der Waals surface area contributed by atoms with E-state index in [0.717, 1.165) is 18.8 Å². The van der Waals surface area contributed by atoms with Gasteiger partial charge in [-0.25, -0.2) is 9.37 Å². The third-order valence-electron chi connectivity index (χ3n) is 3.07. The Hall–Kier alpha value is -1.75. The van der Waals surface area contributed by atoms with Crippen molar-refractivity contribution in [2.24, 2.45) is 7.05 Å². The predicted molar refractivity (Wildman–Crippen MR) is 72.1 cm³/mol. The van der Waals surface area contributed by atoms with Crippen LogP contribution in [-0.4, -0.2) is 21.1 Å². The molecule has 0 aliphatic rings. The maximum Gasteiger partial charge on any atom is 0.146 e. The summed E-state index contributed by atoms with van der Waals surface area (Å²) in [7, 11) is 1.94. The fraction of sp³-hybridized carbons (Fsp3) is 0.429. The highest BCUT2D eigenvalue weighted by molar-refractivity contribution is 5.14. The first-order valence-corrected chi connectivity index (χ1v) is 6.52. The molecule has 0 aliphatic heterocycles. The van der Waals surface area contributed by atoms with Crippen molar-refractivity contribution in [1.29, 1.82) is 0 Å². The summed E-state index contributed by atoms with van der Waals surface area (Å²) in [5.41, 5.74) is 0.457. The molecule has 0 amide bonds. The first-order chi connectivity index (χ1) is 9.22. The van der Waals surface area contributed by atoms with Crippen LogP contribution >= 0.6 is 0 Å². The summed E-state index contributed by atoms with van der Waals surface area (Å²) in [6, 6.07) is 2.90. The molecule has 1 atom stereocenters. The molecule has 4 nitrogen and oxygen atoms in total. The van der Waals surface area contributed by atoms with Crippen LogP contribution in [0.4, 0.5) is 4.39 Å². The number of nitrogens with zero attached hydrogens (tertiary/aromatic N) is 3. The molecule has 0 saturated carbocycles. The Balaban J connectivity index is 2.21. The van der Waals surface area contributed by atoms with Gasteiger partial charge >= 0.3 is 0 Å². The van der Waals surface area contributed by atoms with Crippen LogP contribution in [0.25, 0.3) is 0 Å². The number of aryl methyl sites for hydroxylation is 1. The average Bonchev–Trinajstić information content (AvgIpc) is 2.81. The van der Waals surface area contributed by atoms with Gasteiger partial charge in [-0.3, -0.25) is 4.98 Å². The van der Waals surface area contributed by atoms with E-state index < -0.39 is 0 Å². The van der Waals surface area contributed by atoms with Gasteiger partial charge in [-0.05, 0) is 25.1 Å². The van der Waals surface area contributed by atoms with Crippen molar-refractivity contribution in [3.63, 3.8) is 0 Å². The van der Waals surface area contributed by atoms with Crippen LogP contribution in [0.5, 0.6) is 0 Å². The van der Waals surface area contributed by atoms with Crippen LogP contribution in [0.2, 0.25) is 0 Å². The second-order valence-corrected chi connectivity index (χ2v) is 4.54. The fourth-order valence-electron chi connectivity index (χ4n) is 2.01. The van der Waals surface area contributed by atoms with Crippen molar-refractivity contribution in [3.8, 4) is 0 Å². The van der Waals surface area contributed by atoms with E-state index in [9.17, 15) is 4.39 Å². The Morgan fingerprint density at radius 1 is 1.37 bits per heavy atom. The number of rotatable bonds is 6. The molecule has 1 N–H and O–H groups in total. The number of hydrogen-bond acceptors (Lipinski definition) is 3. The van der Waals surface area contributed by atoms with Gasteiger partial charge in [0, 0.05) is 32.1 Å². The zero-order valence-corrected chi connectivity index (χ0v) is 11.3. The molecule has 0 saturated heterocycles. The molecule has 0 aromatic carbocycles. The number of aromatic nitrogens is 3. The summed E-state index contributed by atoms with van der Waals surface area (Å²) in [5, 5.41) is 3.34. The van der Waals surface area contributed by atoms with Crippen LogP contribution in [0.3, 0.4) is 0 Å². The van der Waals surface area contributed by atoms with Gasteiger partial charge in [-0.1, -0.05) is 6.92 Å². The van der Waals surface area contributed by atoms with E-state index in [1.165, 1.54) is 6.07 Å². The zero-order chi connectivity index (χ0) is 13.7. The summed E-state index contributed by atoms with van der Waals surface area (Å²) in [4.78, 5) is 8.46. The van der Waals surface area contributed by atoms with Gasteiger partial charge in [-0.15, -0.1) is 0 Å². The highest BCUT2D eigenvalue weighted by Crippen LogP contribution is 2.18. The summed E-state index contributed by atoms with van der Waals surface area (Å²) in [5.74, 6) is 0.643. The van der Waals surface area contributed by atoms with Gasteiger partial charge in [0.05, 0.1) is 11.7 Å². The first-order valence-electron chi connectivity index (χ1n) is 6.52. The van der Waals surface area contributed by atoms with Gasteiger partial charge in [0.25, 0.3) is 0 Å². The highest BCUT2D eigenvalue weighted by atomic mass is 19.1. The van der Waals surface area contributed by atoms with Crippen LogP contribution in [0.15, 0.2) is 30.7 Å². The molecular weight excluding hydrogens is 243 g/mol. The molecule has 0 aliphatic carbocycles. The lowest BCUT2D eigenvalue weighted by molar-refractivity contribution is 0.471. The zero-order valence-electron chi connectivity index (χ0n) is 11.3. The maximum atomic E-state index is 13.9. The third-order valence-corrected chi connectivity index (χ3v) is 3.07. The fourth-order valence-corrected chi connectivity index (χ4v) is 2.01. The van der Waals surface area contributed by atoms with Gasteiger partial charge in [0.15, 0.2) is 0 Å². The Morgan fingerprint density at radius 2 is 2.21 bits per heavy atom. The summed E-state index contributed by atoms with van der Waals surface area (Å²) < 4.78 is 15.8. The van der Waals surface area contributed by atoms with Gasteiger partial charge in [0.1, 0.15) is 11.6 Å². The topological polar surface area (TPSA) is 42.7 Å². The molecule has 102 valence electrons. The van der Waals surface area contributed by atoms with E-state index in [1.54, 1.807) is 18.5 Å². The van der Waals surface area contributed by atoms with E-state index in [4.69, 9.17) is 0 Å². The molecule has 19 heavy (non-hydrogen) atoms. The Labute approximate surface area is 112 Å². The lowest BCUT2D eigenvalue weighted by Crippen LogP contribution is -2.27. The van der Waals surface area contributed by atoms with Crippen molar-refractivity contribution in [3.05, 3.63) is 48.1 Å². The van der Waals surface area contributed by atoms with Gasteiger partial charge in [-0.2, -0.15) is 0 Å². The molecule has 0 fully saturated rings. The second kappa shape index (κ2) is 6.43. The van der Waals surface area contributed by atoms with E-state index >= 15 is 0 Å². The normalized spacial score (nSPS) is 12.6. The summed E-state index contributed by atoms with van der Waals surface area (Å²) in [6.45, 7) is 2.91. The molecule has 2 rings (SSSR count). The van der Waals surface area contributed by atoms with Gasteiger partial charge in [0.2, 0.25) is 0 Å². The molecule has 0 bridgehead atoms. The summed E-state index contributed by atoms with van der Waals surface area (Å²) in [6.07, 6.45) is 6.88. The number of imidazole rings is 1. The van der Waals surface area contributed by atoms with Crippen LogP contribution in [0, 0.1) is 5.82 Å². The van der Waals surface area contributed by atoms with E-state index in [1.807, 2.05) is 17.8 Å². The molecule has 2 aromatic heterocycles. The third kappa shape index (κ3) is 3.38. The SMILES string of the molecule is CCCNC(Cc1nccn1C)c1ncccc1F. The van der Waals surface area contributed by atoms with Gasteiger partial charge < -0.3 is 9.88 Å². The number of hydrogen-bond donors (Lipinski definition) is 1. The van der Waals surface area contributed by atoms with Crippen molar-refractivity contribution in [1.82, 2.24) is 19.9 Å². The monoisotopic (exact) mass is 262 g/mol. The minimum atomic E-state index is -0.273. The highest BCUT2D eigenvalue weighted by Gasteiger charge is 2.18. The molecule has 0 radical (unpaired) electrons. The number of nitrogens with one attached hydrogen (secondary N) is 1. The number of pyridine rings is 1. The molecule has 2 heterocycles. The van der Waals surface area contributed by atoms with Crippen LogP contribution in [-0.2, 0) is 13.5 Å². The Kier molecular flexibility index (Phi) is 4.63. The molecular formula is C14H19FN4. The Bertz CT molecular complexity index is 524. The second-order valence-electron chi connectivity index (χ2n) is 4.54. The average molecular weight is 262 g/mol. The van der Waals surface area contributed by atoms with E-state index in [2.05, 4.69) is 22.2 Å². The Morgan fingerprint density at radius 3 is 2.84 bits per heavy atom. The van der Waals surface area contributed by atoms with Crippen molar-refractivity contribution < 1.29 is 4.39 Å². The van der Waals surface area contributed by atoms with Crippen molar-refractivity contribution in [2.75, 3.05) is 6.54 Å². The van der Waals surface area contributed by atoms with Crippen LogP contribution in [0.1, 0.15) is 30.9 Å². The molecule has 1 unspecified atom stereocenters. The first kappa shape index (κ1) is 13.7. The lowest BCUT2D eigenvalue weighted by atomic mass is 10.1. The molecule has 2 aromatic rings. The van der Waals surface area contributed by atoms with E-state index in [-0.39, 0.29) is 11.9 Å². The van der Waals surface area contributed by atoms with Crippen molar-refractivity contribution >= 4 is 0 Å². The quantitative estimate of drug-likeness (QED) is 0.868. The standard InChI is InChI=1S/C14H19FN4/c1-3-6-16-12(10-13-17-8-9-19(13)2)14-11(15)5-4-7-18-14/h4-5,7-9,12,16H,3,6,10H2,1-2H3. The minimum absolute atomic E-state index is 0.151. The van der Waals surface area contributed by atoms with E-state index in [0.29, 0.717) is 12.1 Å². The summed E-state index contributed by atoms with van der Waals surface area (Å²) >= 11 is 0.